The number of hydrogen-bond donors (Lipinski definition) is 0. The fourth-order valence-electron chi connectivity index (χ4n) is 3.37. The van der Waals surface area contributed by atoms with Gasteiger partial charge in [0.05, 0.1) is 12.3 Å². The Morgan fingerprint density at radius 2 is 1.73 bits per heavy atom. The van der Waals surface area contributed by atoms with E-state index in [2.05, 4.69) is 49.9 Å². The van der Waals surface area contributed by atoms with E-state index in [0.29, 0.717) is 6.61 Å². The van der Waals surface area contributed by atoms with Gasteiger partial charge in [0.15, 0.2) is 0 Å². The summed E-state index contributed by atoms with van der Waals surface area (Å²) in [5.41, 5.74) is 3.37. The van der Waals surface area contributed by atoms with Crippen molar-refractivity contribution < 1.29 is 14.3 Å². The summed E-state index contributed by atoms with van der Waals surface area (Å²) >= 11 is 0. The topological polar surface area (TPSA) is 43.3 Å². The average Bonchev–Trinajstić information content (AvgIpc) is 2.73. The number of unbranched alkanes of at least 4 members (excludes halogenated alkanes) is 3. The van der Waals surface area contributed by atoms with Gasteiger partial charge in [-0.25, -0.2) is 0 Å². The van der Waals surface area contributed by atoms with Gasteiger partial charge in [0, 0.05) is 6.54 Å². The molecule has 1 aromatic rings. The number of benzene rings is 1. The van der Waals surface area contributed by atoms with E-state index in [1.807, 2.05) is 19.1 Å². The lowest BCUT2D eigenvalue weighted by molar-refractivity contribution is 0.208. The Bertz CT molecular complexity index is 633. The second-order valence-corrected chi connectivity index (χ2v) is 7.59. The molecule has 0 atom stereocenters. The molecule has 170 valence electrons. The minimum Gasteiger partial charge on any atom is -0.493 e. The van der Waals surface area contributed by atoms with Crippen LogP contribution in [0.5, 0.6) is 11.5 Å². The molecule has 0 fully saturated rings. The molecule has 0 heterocycles. The number of ether oxygens (including phenoxy) is 2. The summed E-state index contributed by atoms with van der Waals surface area (Å²) in [6, 6.07) is 4.12. The van der Waals surface area contributed by atoms with Crippen molar-refractivity contribution in [3.63, 3.8) is 0 Å². The highest BCUT2D eigenvalue weighted by Gasteiger charge is 2.08. The van der Waals surface area contributed by atoms with Crippen molar-refractivity contribution in [3.05, 3.63) is 35.4 Å². The lowest BCUT2D eigenvalue weighted by atomic mass is 10.1. The van der Waals surface area contributed by atoms with Gasteiger partial charge in [-0.2, -0.15) is 0 Å². The lowest BCUT2D eigenvalue weighted by Gasteiger charge is -2.20. The predicted octanol–water partition coefficient (Wildman–Crippen LogP) is 5.93. The van der Waals surface area contributed by atoms with Gasteiger partial charge >= 0.3 is 0 Å². The maximum atomic E-state index is 6.08. The molecule has 0 bridgehead atoms. The second kappa shape index (κ2) is 15.8. The van der Waals surface area contributed by atoms with Gasteiger partial charge in [0.1, 0.15) is 25.2 Å². The average molecular weight is 419 g/mol. The summed E-state index contributed by atoms with van der Waals surface area (Å²) in [4.78, 5) is 7.36. The molecular weight excluding hydrogens is 376 g/mol. The van der Waals surface area contributed by atoms with Crippen molar-refractivity contribution in [2.24, 2.45) is 5.16 Å². The zero-order valence-corrected chi connectivity index (χ0v) is 20.0. The normalized spacial score (nSPS) is 12.0. The molecule has 0 amide bonds. The molecule has 5 heteroatoms. The number of hydrogen-bond acceptors (Lipinski definition) is 5. The van der Waals surface area contributed by atoms with Crippen molar-refractivity contribution in [1.82, 2.24) is 4.90 Å². The zero-order valence-electron chi connectivity index (χ0n) is 20.0. The Labute approximate surface area is 184 Å². The third-order valence-corrected chi connectivity index (χ3v) is 5.11. The van der Waals surface area contributed by atoms with Crippen molar-refractivity contribution in [1.29, 1.82) is 0 Å². The SMILES string of the molecule is C/C=C/COc1cc(C)c(OCCCCCCN(CC)C/C(CC)=N/OC)c(C)c1. The molecule has 0 aliphatic carbocycles. The maximum Gasteiger partial charge on any atom is 0.125 e. The van der Waals surface area contributed by atoms with E-state index in [4.69, 9.17) is 14.3 Å². The zero-order chi connectivity index (χ0) is 22.2. The van der Waals surface area contributed by atoms with Gasteiger partial charge < -0.3 is 14.3 Å². The quantitative estimate of drug-likeness (QED) is 0.144. The van der Waals surface area contributed by atoms with Crippen molar-refractivity contribution in [2.75, 3.05) is 40.0 Å². The molecule has 0 aliphatic heterocycles. The van der Waals surface area contributed by atoms with Crippen LogP contribution in [0.15, 0.2) is 29.4 Å². The molecule has 0 saturated heterocycles. The monoisotopic (exact) mass is 418 g/mol. The summed E-state index contributed by atoms with van der Waals surface area (Å²) in [5.74, 6) is 1.90. The molecule has 0 aliphatic rings. The van der Waals surface area contributed by atoms with E-state index in [9.17, 15) is 0 Å². The predicted molar refractivity (Wildman–Crippen MR) is 127 cm³/mol. The van der Waals surface area contributed by atoms with Gasteiger partial charge in [-0.15, -0.1) is 0 Å². The number of allylic oxidation sites excluding steroid dienone is 1. The summed E-state index contributed by atoms with van der Waals surface area (Å²) in [6.45, 7) is 14.9. The molecule has 0 radical (unpaired) electrons. The summed E-state index contributed by atoms with van der Waals surface area (Å²) in [5, 5.41) is 4.11. The van der Waals surface area contributed by atoms with Crippen LogP contribution < -0.4 is 9.47 Å². The van der Waals surface area contributed by atoms with Crippen LogP contribution in [0.2, 0.25) is 0 Å². The van der Waals surface area contributed by atoms with Gasteiger partial charge in [0.2, 0.25) is 0 Å². The highest BCUT2D eigenvalue weighted by Crippen LogP contribution is 2.28. The number of rotatable bonds is 16. The van der Waals surface area contributed by atoms with E-state index >= 15 is 0 Å². The van der Waals surface area contributed by atoms with Gasteiger partial charge in [-0.1, -0.05) is 44.0 Å². The lowest BCUT2D eigenvalue weighted by Crippen LogP contribution is -2.30. The number of nitrogens with zero attached hydrogens (tertiary/aromatic N) is 2. The van der Waals surface area contributed by atoms with Crippen LogP contribution in [0.25, 0.3) is 0 Å². The Morgan fingerprint density at radius 1 is 1.03 bits per heavy atom. The Hall–Kier alpha value is -2.01. The first-order valence-electron chi connectivity index (χ1n) is 11.3. The largest absolute Gasteiger partial charge is 0.493 e. The first-order chi connectivity index (χ1) is 14.5. The third-order valence-electron chi connectivity index (χ3n) is 5.11. The van der Waals surface area contributed by atoms with Crippen molar-refractivity contribution >= 4 is 5.71 Å². The third kappa shape index (κ3) is 10.1. The van der Waals surface area contributed by atoms with Gasteiger partial charge in [-0.3, -0.25) is 4.90 Å². The molecule has 0 saturated carbocycles. The highest BCUT2D eigenvalue weighted by atomic mass is 16.6. The first-order valence-corrected chi connectivity index (χ1v) is 11.3. The van der Waals surface area contributed by atoms with Crippen molar-refractivity contribution in [2.45, 2.75) is 66.7 Å². The second-order valence-electron chi connectivity index (χ2n) is 7.59. The summed E-state index contributed by atoms with van der Waals surface area (Å²) < 4.78 is 11.8. The molecule has 0 aromatic heterocycles. The van der Waals surface area contributed by atoms with Gasteiger partial charge in [0.25, 0.3) is 0 Å². The fraction of sp³-hybridized carbons (Fsp3) is 0.640. The van der Waals surface area contributed by atoms with Gasteiger partial charge in [-0.05, 0) is 76.4 Å². The highest BCUT2D eigenvalue weighted by molar-refractivity contribution is 5.85. The minimum atomic E-state index is 0.601. The molecule has 0 unspecified atom stereocenters. The Morgan fingerprint density at radius 3 is 2.33 bits per heavy atom. The van der Waals surface area contributed by atoms with E-state index in [0.717, 1.165) is 67.4 Å². The molecule has 30 heavy (non-hydrogen) atoms. The van der Waals surface area contributed by atoms with Crippen LogP contribution in [0.3, 0.4) is 0 Å². The Balaban J connectivity index is 2.30. The number of aryl methyl sites for hydroxylation is 2. The molecule has 1 rings (SSSR count). The van der Waals surface area contributed by atoms with E-state index in [1.54, 1.807) is 7.11 Å². The fourth-order valence-corrected chi connectivity index (χ4v) is 3.37. The molecule has 0 spiro atoms. The molecule has 5 nitrogen and oxygen atoms in total. The van der Waals surface area contributed by atoms with Crippen LogP contribution in [0, 0.1) is 13.8 Å². The standard InChI is InChI=1S/C25H42N2O3/c1-7-10-16-29-24-18-21(4)25(22(5)19-24)30-17-14-12-11-13-15-27(9-3)20-23(8-2)26-28-6/h7,10,18-19H,8-9,11-17,20H2,1-6H3/b10-7+,26-23+. The van der Waals surface area contributed by atoms with E-state index < -0.39 is 0 Å². The van der Waals surface area contributed by atoms with Crippen LogP contribution in [-0.4, -0.2) is 50.6 Å². The minimum absolute atomic E-state index is 0.601. The number of oxime groups is 1. The maximum absolute atomic E-state index is 6.08. The van der Waals surface area contributed by atoms with E-state index in [-0.39, 0.29) is 0 Å². The van der Waals surface area contributed by atoms with E-state index in [1.165, 1.54) is 19.3 Å². The summed E-state index contributed by atoms with van der Waals surface area (Å²) in [6.07, 6.45) is 9.62. The van der Waals surface area contributed by atoms with Crippen molar-refractivity contribution in [3.8, 4) is 11.5 Å². The summed E-state index contributed by atoms with van der Waals surface area (Å²) in [7, 11) is 1.62. The molecule has 1 aromatic carbocycles. The van der Waals surface area contributed by atoms with Crippen LogP contribution in [0.4, 0.5) is 0 Å². The van der Waals surface area contributed by atoms with Crippen LogP contribution in [-0.2, 0) is 4.84 Å². The molecular formula is C25H42N2O3. The smallest absolute Gasteiger partial charge is 0.125 e. The Kier molecular flexibility index (Phi) is 13.7. The molecule has 0 N–H and O–H groups in total. The van der Waals surface area contributed by atoms with Crippen LogP contribution in [0.1, 0.15) is 64.0 Å². The first kappa shape index (κ1) is 26.0. The van der Waals surface area contributed by atoms with Crippen LogP contribution >= 0.6 is 0 Å².